The average molecular weight is 491 g/mol. The van der Waals surface area contributed by atoms with Crippen LogP contribution in [0.3, 0.4) is 0 Å². The zero-order chi connectivity index (χ0) is 25.6. The van der Waals surface area contributed by atoms with Gasteiger partial charge in [-0.15, -0.1) is 0 Å². The molecule has 6 nitrogen and oxygen atoms in total. The number of hydrogen-bond acceptors (Lipinski definition) is 4. The third-order valence-corrected chi connectivity index (χ3v) is 11.8. The maximum Gasteiger partial charge on any atom is 0.344 e. The summed E-state index contributed by atoms with van der Waals surface area (Å²) in [5.41, 5.74) is 1.42. The van der Waals surface area contributed by atoms with Gasteiger partial charge in [0.15, 0.2) is 5.76 Å². The van der Waals surface area contributed by atoms with Gasteiger partial charge in [0.25, 0.3) is 0 Å². The Morgan fingerprint density at radius 3 is 1.88 bits per heavy atom. The molecule has 2 unspecified atom stereocenters. The fraction of sp³-hybridized carbons (Fsp3) is 0.519. The molecule has 0 aliphatic carbocycles. The van der Waals surface area contributed by atoms with Crippen LogP contribution in [0.4, 0.5) is 0 Å². The van der Waals surface area contributed by atoms with Crippen LogP contribution in [0.15, 0.2) is 45.4 Å². The summed E-state index contributed by atoms with van der Waals surface area (Å²) < 4.78 is 5.74. The molecule has 2 N–H and O–H groups in total. The largest absolute Gasteiger partial charge is 0.477 e. The number of benzene rings is 1. The fourth-order valence-corrected chi connectivity index (χ4v) is 10.3. The summed E-state index contributed by atoms with van der Waals surface area (Å²) in [6.07, 6.45) is 5.01. The number of carboxylic acids is 2. The Labute approximate surface area is 204 Å². The standard InChI is InChI=1S/C27H38O6S/c1-7-9-13-18(4)34(19(5)14-10-8-2)23(25(28)29)20(6)22(24(34)26(30)31)33-27(32)21-15-11-12-17(3)16-21/h11-12,15-16,18-19H,7-10,13-14H2,1-6H3,(H,28,29)(H,30,31). The van der Waals surface area contributed by atoms with Crippen molar-refractivity contribution in [1.82, 2.24) is 0 Å². The van der Waals surface area contributed by atoms with Gasteiger partial charge in [0.2, 0.25) is 0 Å². The van der Waals surface area contributed by atoms with Crippen molar-refractivity contribution in [1.29, 1.82) is 0 Å². The van der Waals surface area contributed by atoms with Crippen molar-refractivity contribution in [2.75, 3.05) is 0 Å². The number of ether oxygens (including phenoxy) is 1. The molecule has 0 radical (unpaired) electrons. The maximum absolute atomic E-state index is 13.0. The summed E-state index contributed by atoms with van der Waals surface area (Å²) in [6.45, 7) is 11.5. The lowest BCUT2D eigenvalue weighted by Gasteiger charge is -2.48. The number of carbonyl (C=O) groups excluding carboxylic acids is 1. The van der Waals surface area contributed by atoms with E-state index in [2.05, 4.69) is 13.8 Å². The van der Waals surface area contributed by atoms with Gasteiger partial charge >= 0.3 is 17.9 Å². The molecule has 1 aliphatic heterocycles. The Kier molecular flexibility index (Phi) is 9.56. The van der Waals surface area contributed by atoms with Crippen LogP contribution in [-0.4, -0.2) is 38.6 Å². The van der Waals surface area contributed by atoms with Gasteiger partial charge in [0.1, 0.15) is 4.91 Å². The molecular formula is C27H38O6S. The van der Waals surface area contributed by atoms with E-state index in [0.29, 0.717) is 18.4 Å². The molecule has 2 atom stereocenters. The van der Waals surface area contributed by atoms with Crippen molar-refractivity contribution in [3.05, 3.63) is 56.5 Å². The van der Waals surface area contributed by atoms with E-state index in [1.807, 2.05) is 26.8 Å². The van der Waals surface area contributed by atoms with E-state index in [-0.39, 0.29) is 31.6 Å². The lowest BCUT2D eigenvalue weighted by Crippen LogP contribution is -2.32. The fourth-order valence-electron chi connectivity index (χ4n) is 4.93. The van der Waals surface area contributed by atoms with E-state index in [1.165, 1.54) is 0 Å². The van der Waals surface area contributed by atoms with E-state index in [9.17, 15) is 24.6 Å². The van der Waals surface area contributed by atoms with Crippen molar-refractivity contribution in [3.63, 3.8) is 0 Å². The summed E-state index contributed by atoms with van der Waals surface area (Å²) in [7, 11) is -2.49. The van der Waals surface area contributed by atoms with Crippen LogP contribution in [0.1, 0.15) is 89.1 Å². The highest BCUT2D eigenvalue weighted by Gasteiger charge is 2.54. The Morgan fingerprint density at radius 1 is 0.912 bits per heavy atom. The number of aliphatic carboxylic acids is 2. The Bertz CT molecular complexity index is 992. The van der Waals surface area contributed by atoms with Crippen molar-refractivity contribution < 1.29 is 29.3 Å². The average Bonchev–Trinajstić information content (AvgIpc) is 3.05. The molecule has 0 saturated carbocycles. The van der Waals surface area contributed by atoms with E-state index in [4.69, 9.17) is 4.74 Å². The van der Waals surface area contributed by atoms with Crippen LogP contribution in [0.5, 0.6) is 0 Å². The third-order valence-electron chi connectivity index (χ3n) is 6.60. The molecular weight excluding hydrogens is 452 g/mol. The number of rotatable bonds is 12. The molecule has 7 heteroatoms. The highest BCUT2D eigenvalue weighted by atomic mass is 32.3. The molecule has 1 aromatic rings. The minimum absolute atomic E-state index is 0.0180. The van der Waals surface area contributed by atoms with Crippen LogP contribution in [0.25, 0.3) is 0 Å². The third kappa shape index (κ3) is 5.24. The van der Waals surface area contributed by atoms with Crippen LogP contribution in [0, 0.1) is 6.92 Å². The molecule has 1 heterocycles. The van der Waals surface area contributed by atoms with Crippen molar-refractivity contribution >= 4 is 27.9 Å². The maximum atomic E-state index is 13.0. The molecule has 1 aliphatic rings. The van der Waals surface area contributed by atoms with Gasteiger partial charge in [-0.1, -0.05) is 71.1 Å². The topological polar surface area (TPSA) is 101 Å². The smallest absolute Gasteiger partial charge is 0.344 e. The first-order chi connectivity index (χ1) is 16.0. The van der Waals surface area contributed by atoms with Gasteiger partial charge in [-0.2, -0.15) is 10.0 Å². The number of unbranched alkanes of at least 4 members (excludes halogenated alkanes) is 2. The molecule has 0 saturated heterocycles. The number of hydrogen-bond donors (Lipinski definition) is 2. The number of carbonyl (C=O) groups is 3. The molecule has 1 aromatic carbocycles. The van der Waals surface area contributed by atoms with E-state index in [0.717, 1.165) is 31.2 Å². The second-order valence-corrected chi connectivity index (χ2v) is 12.9. The Hall–Kier alpha value is -2.54. The monoisotopic (exact) mass is 490 g/mol. The van der Waals surface area contributed by atoms with Gasteiger partial charge in [-0.05, 0) is 49.3 Å². The van der Waals surface area contributed by atoms with E-state index < -0.39 is 27.9 Å². The van der Waals surface area contributed by atoms with Crippen LogP contribution in [0.2, 0.25) is 0 Å². The van der Waals surface area contributed by atoms with E-state index in [1.54, 1.807) is 25.1 Å². The van der Waals surface area contributed by atoms with Crippen molar-refractivity contribution in [3.8, 4) is 0 Å². The summed E-state index contributed by atoms with van der Waals surface area (Å²) in [5.74, 6) is -3.10. The first-order valence-electron chi connectivity index (χ1n) is 12.1. The van der Waals surface area contributed by atoms with Gasteiger partial charge < -0.3 is 14.9 Å². The quantitative estimate of drug-likeness (QED) is 0.313. The minimum Gasteiger partial charge on any atom is -0.477 e. The minimum atomic E-state index is -2.49. The van der Waals surface area contributed by atoms with Gasteiger partial charge in [0.05, 0.1) is 10.5 Å². The molecule has 0 spiro atoms. The summed E-state index contributed by atoms with van der Waals surface area (Å²) in [4.78, 5) is 38.7. The molecule has 34 heavy (non-hydrogen) atoms. The summed E-state index contributed by atoms with van der Waals surface area (Å²) in [5, 5.41) is 20.5. The Balaban J connectivity index is 2.78. The zero-order valence-corrected chi connectivity index (χ0v) is 22.0. The molecule has 0 aromatic heterocycles. The summed E-state index contributed by atoms with van der Waals surface area (Å²) >= 11 is 0. The number of carboxylic acid groups (broad SMARTS) is 2. The zero-order valence-electron chi connectivity index (χ0n) is 21.1. The normalized spacial score (nSPS) is 21.7. The highest BCUT2D eigenvalue weighted by Crippen LogP contribution is 2.75. The number of aryl methyl sites for hydroxylation is 1. The lowest BCUT2D eigenvalue weighted by atomic mass is 10.1. The predicted molar refractivity (Wildman–Crippen MR) is 137 cm³/mol. The number of allylic oxidation sites excluding steroid dienone is 1. The Morgan fingerprint density at radius 2 is 1.44 bits per heavy atom. The van der Waals surface area contributed by atoms with E-state index >= 15 is 0 Å². The first-order valence-corrected chi connectivity index (χ1v) is 13.8. The van der Waals surface area contributed by atoms with Gasteiger partial charge in [-0.25, -0.2) is 14.4 Å². The van der Waals surface area contributed by atoms with Gasteiger partial charge in [0, 0.05) is 5.57 Å². The van der Waals surface area contributed by atoms with Crippen LogP contribution < -0.4 is 0 Å². The van der Waals surface area contributed by atoms with Crippen LogP contribution >= 0.6 is 10.0 Å². The number of esters is 1. The van der Waals surface area contributed by atoms with Crippen molar-refractivity contribution in [2.24, 2.45) is 0 Å². The van der Waals surface area contributed by atoms with Gasteiger partial charge in [-0.3, -0.25) is 0 Å². The SMILES string of the molecule is CCCCC(C)S1(C(C)CCCC)C(C(=O)O)=C(C)C(OC(=O)c2cccc(C)c2)=C1C(=O)O. The second kappa shape index (κ2) is 11.7. The molecule has 0 fully saturated rings. The highest BCUT2D eigenvalue weighted by molar-refractivity contribution is 8.42. The summed E-state index contributed by atoms with van der Waals surface area (Å²) in [6, 6.07) is 6.86. The molecule has 188 valence electrons. The first kappa shape index (κ1) is 27.7. The lowest BCUT2D eigenvalue weighted by molar-refractivity contribution is -0.132. The van der Waals surface area contributed by atoms with Crippen molar-refractivity contribution in [2.45, 2.75) is 90.6 Å². The predicted octanol–water partition coefficient (Wildman–Crippen LogP) is 6.78. The molecule has 2 rings (SSSR count). The molecule has 0 amide bonds. The molecule has 0 bridgehead atoms. The second-order valence-electron chi connectivity index (χ2n) is 9.10. The van der Waals surface area contributed by atoms with Crippen LogP contribution in [-0.2, 0) is 14.3 Å².